The van der Waals surface area contributed by atoms with Crippen LogP contribution in [0.2, 0.25) is 0 Å². The highest BCUT2D eigenvalue weighted by Gasteiger charge is 2.39. The van der Waals surface area contributed by atoms with Gasteiger partial charge in [-0.25, -0.2) is 0 Å². The molecule has 504 valence electrons. The lowest BCUT2D eigenvalue weighted by Gasteiger charge is -2.34. The molecular weight excluding hydrogens is 1210 g/mol. The molecule has 5 aliphatic carbocycles. The number of aryl methyl sites for hydroxylation is 1. The summed E-state index contributed by atoms with van der Waals surface area (Å²) < 4.78 is 29.0. The van der Waals surface area contributed by atoms with Crippen LogP contribution in [0.4, 0.5) is 0 Å². The summed E-state index contributed by atoms with van der Waals surface area (Å²) in [5.74, 6) is -4.90. The summed E-state index contributed by atoms with van der Waals surface area (Å²) in [7, 11) is 0. The predicted molar refractivity (Wildman–Crippen MR) is 367 cm³/mol. The van der Waals surface area contributed by atoms with Crippen molar-refractivity contribution in [3.05, 3.63) is 194 Å². The minimum absolute atomic E-state index is 0.0178. The molecule has 96 heavy (non-hydrogen) atoms. The molecule has 0 amide bonds. The molecule has 15 nitrogen and oxygen atoms in total. The Kier molecular flexibility index (Phi) is 18.5. The lowest BCUT2D eigenvalue weighted by molar-refractivity contribution is 0.132. The third kappa shape index (κ3) is 13.4. The van der Waals surface area contributed by atoms with Crippen molar-refractivity contribution in [2.24, 2.45) is 23.7 Å². The van der Waals surface area contributed by atoms with E-state index in [1.165, 1.54) is 36.4 Å². The van der Waals surface area contributed by atoms with Gasteiger partial charge in [-0.1, -0.05) is 58.0 Å². The molecule has 5 aliphatic rings. The van der Waals surface area contributed by atoms with Gasteiger partial charge < -0.3 is 75.1 Å². The Morgan fingerprint density at radius 3 is 0.677 bits per heavy atom. The van der Waals surface area contributed by atoms with Gasteiger partial charge in [-0.3, -0.25) is 0 Å². The van der Waals surface area contributed by atoms with Gasteiger partial charge in [0, 0.05) is 92.4 Å². The molecule has 2 unspecified atom stereocenters. The van der Waals surface area contributed by atoms with E-state index in [1.54, 1.807) is 73.7 Å². The van der Waals surface area contributed by atoms with E-state index in [0.29, 0.717) is 125 Å². The topological polar surface area (TPSA) is 259 Å². The molecular formula is C81H90O15. The molecule has 13 rings (SSSR count). The number of hydrogen-bond donors (Lipinski definition) is 11. The van der Waals surface area contributed by atoms with Crippen molar-refractivity contribution in [1.29, 1.82) is 0 Å². The molecule has 2 atom stereocenters. The number of phenolic OH excluding ortho intramolecular Hbond substituents is 11. The zero-order chi connectivity index (χ0) is 67.4. The van der Waals surface area contributed by atoms with E-state index in [-0.39, 0.29) is 110 Å². The van der Waals surface area contributed by atoms with Crippen LogP contribution in [0.15, 0.2) is 121 Å². The molecule has 0 saturated heterocycles. The number of benzene rings is 8. The maximum Gasteiger partial charge on any atom is 0.157 e. The molecule has 0 aliphatic heterocycles. The van der Waals surface area contributed by atoms with Crippen LogP contribution in [0, 0.1) is 30.6 Å². The molecule has 0 radical (unpaired) electrons. The fraction of sp³-hybridized carbons (Fsp3) is 0.407. The summed E-state index contributed by atoms with van der Waals surface area (Å²) in [4.78, 5) is 0. The van der Waals surface area contributed by atoms with Crippen molar-refractivity contribution in [1.82, 2.24) is 0 Å². The molecule has 0 spiro atoms. The van der Waals surface area contributed by atoms with Crippen molar-refractivity contribution < 1.29 is 75.1 Å². The van der Waals surface area contributed by atoms with E-state index in [9.17, 15) is 56.2 Å². The Balaban J connectivity index is 1.21. The summed E-state index contributed by atoms with van der Waals surface area (Å²) >= 11 is 0. The van der Waals surface area contributed by atoms with E-state index in [1.807, 2.05) is 18.2 Å². The minimum Gasteiger partial charge on any atom is -0.508 e. The number of rotatable bonds is 12. The average Bonchev–Trinajstić information content (AvgIpc) is 0.738. The third-order valence-corrected chi connectivity index (χ3v) is 21.7. The predicted octanol–water partition coefficient (Wildman–Crippen LogP) is 17.6. The summed E-state index contributed by atoms with van der Waals surface area (Å²) in [5, 5.41) is 133. The van der Waals surface area contributed by atoms with Crippen LogP contribution in [0.3, 0.4) is 0 Å². The van der Waals surface area contributed by atoms with Crippen LogP contribution >= 0.6 is 0 Å². The summed E-state index contributed by atoms with van der Waals surface area (Å²) in [5.41, 5.74) is 5.06. The van der Waals surface area contributed by atoms with Crippen LogP contribution in [-0.2, 0) is 0 Å². The SMILES string of the molecule is Cc1cc(C2c3cc(c(OC4CCC(C)CC4)cc3O)C(c3ccc(O)c(O)c3)c3cc(c(O)cc3OC3CCC(C)CC3)C(c3ccc(O)c(O)c3)c3cc(c(OC4CCC(C)CC4)cc3O)C(c3ccc(O)c(O)c3)c3cc2c(O)cc3OC2CCC(C)CC2)ccc1O. The Hall–Kier alpha value is -9.24. The third-order valence-electron chi connectivity index (χ3n) is 21.7. The Morgan fingerprint density at radius 2 is 0.448 bits per heavy atom. The van der Waals surface area contributed by atoms with Gasteiger partial charge in [-0.15, -0.1) is 0 Å². The minimum atomic E-state index is -1.22. The smallest absolute Gasteiger partial charge is 0.157 e. The molecule has 11 N–H and O–H groups in total. The van der Waals surface area contributed by atoms with Crippen molar-refractivity contribution in [3.8, 4) is 86.2 Å². The molecule has 4 fully saturated rings. The summed E-state index contributed by atoms with van der Waals surface area (Å²) in [6.07, 6.45) is 11.5. The van der Waals surface area contributed by atoms with Crippen LogP contribution < -0.4 is 18.9 Å². The number of ether oxygens (including phenoxy) is 4. The first-order chi connectivity index (χ1) is 46.1. The van der Waals surface area contributed by atoms with Crippen LogP contribution in [0.5, 0.6) is 86.2 Å². The maximum atomic E-state index is 13.3. The van der Waals surface area contributed by atoms with Gasteiger partial charge in [0.05, 0.1) is 24.4 Å². The van der Waals surface area contributed by atoms with Crippen LogP contribution in [0.25, 0.3) is 0 Å². The van der Waals surface area contributed by atoms with Crippen molar-refractivity contribution in [2.45, 2.75) is 185 Å². The van der Waals surface area contributed by atoms with Gasteiger partial charge in [0.1, 0.15) is 51.7 Å². The second-order valence-corrected chi connectivity index (χ2v) is 28.8. The first-order valence-corrected chi connectivity index (χ1v) is 34.6. The normalized spacial score (nSPS) is 25.1. The van der Waals surface area contributed by atoms with E-state index >= 15 is 0 Å². The molecule has 8 bridgehead atoms. The number of phenols is 11. The van der Waals surface area contributed by atoms with Crippen LogP contribution in [-0.4, -0.2) is 80.6 Å². The molecule has 8 aromatic carbocycles. The Labute approximate surface area is 561 Å². The summed E-state index contributed by atoms with van der Waals surface area (Å²) in [6, 6.07) is 32.3. The van der Waals surface area contributed by atoms with Gasteiger partial charge >= 0.3 is 0 Å². The Bertz CT molecular complexity index is 3730. The number of aromatic hydroxyl groups is 11. The first-order valence-electron chi connectivity index (χ1n) is 34.6. The largest absolute Gasteiger partial charge is 0.508 e. The molecule has 4 saturated carbocycles. The van der Waals surface area contributed by atoms with Crippen LogP contribution in [0.1, 0.15) is 226 Å². The average molecular weight is 1300 g/mol. The lowest BCUT2D eigenvalue weighted by Crippen LogP contribution is -2.25. The quantitative estimate of drug-likeness (QED) is 0.0508. The van der Waals surface area contributed by atoms with E-state index in [2.05, 4.69) is 27.7 Å². The fourth-order valence-corrected chi connectivity index (χ4v) is 15.9. The van der Waals surface area contributed by atoms with Crippen molar-refractivity contribution in [3.63, 3.8) is 0 Å². The lowest BCUT2D eigenvalue weighted by atomic mass is 9.74. The molecule has 0 heterocycles. The zero-order valence-electron chi connectivity index (χ0n) is 55.3. The van der Waals surface area contributed by atoms with E-state index in [0.717, 1.165) is 51.4 Å². The van der Waals surface area contributed by atoms with Crippen molar-refractivity contribution in [2.75, 3.05) is 0 Å². The van der Waals surface area contributed by atoms with Gasteiger partial charge in [0.15, 0.2) is 34.5 Å². The monoisotopic (exact) mass is 1300 g/mol. The van der Waals surface area contributed by atoms with Gasteiger partial charge in [-0.2, -0.15) is 0 Å². The molecule has 15 heteroatoms. The van der Waals surface area contributed by atoms with Crippen molar-refractivity contribution >= 4 is 0 Å². The van der Waals surface area contributed by atoms with Gasteiger partial charge in [-0.05, 0) is 228 Å². The summed E-state index contributed by atoms with van der Waals surface area (Å²) in [6.45, 7) is 10.6. The number of hydrogen-bond acceptors (Lipinski definition) is 15. The van der Waals surface area contributed by atoms with E-state index < -0.39 is 46.7 Å². The standard InChI is InChI=1S/C81H90O15/c1-42-6-18-51(19-7-42)93-74-38-67(86)55-34-59(74)80(49-16-28-65(84)72(91)32-49)61-36-57(69(88)40-76(61)95-53-22-10-44(3)11-23-53)79(48-15-27-64(83)71(90)31-48)58-37-62(77(41-70(58)89)96-54-24-12-45(4)13-25-54)81(50-17-29-66(85)73(92)33-50)60-35-56(78(55)47-14-26-63(82)46(5)30-47)68(87)39-75(60)94-52-20-8-43(2)9-21-52/h14-17,26-45,51-54,78-92H,6-13,18-25H2,1-5H3. The highest BCUT2D eigenvalue weighted by Crippen LogP contribution is 2.57. The first kappa shape index (κ1) is 65.4. The second kappa shape index (κ2) is 27.1. The highest BCUT2D eigenvalue weighted by atomic mass is 16.5. The number of fused-ring (bicyclic) bond motifs is 8. The maximum absolute atomic E-state index is 13.3. The van der Waals surface area contributed by atoms with E-state index in [4.69, 9.17) is 18.9 Å². The Morgan fingerprint density at radius 1 is 0.229 bits per heavy atom. The molecule has 0 aromatic heterocycles. The molecule has 8 aromatic rings. The van der Waals surface area contributed by atoms with Gasteiger partial charge in [0.2, 0.25) is 0 Å². The second-order valence-electron chi connectivity index (χ2n) is 28.8. The van der Waals surface area contributed by atoms with Gasteiger partial charge in [0.25, 0.3) is 0 Å². The zero-order valence-corrected chi connectivity index (χ0v) is 55.3. The highest BCUT2D eigenvalue weighted by molar-refractivity contribution is 5.69. The fourth-order valence-electron chi connectivity index (χ4n) is 15.9.